The van der Waals surface area contributed by atoms with E-state index >= 15 is 0 Å². The number of carbonyl (C=O) groups is 1. The largest absolute Gasteiger partial charge is 0.357 e. The molecule has 1 aliphatic rings. The minimum atomic E-state index is -0.186. The normalized spacial score (nSPS) is 14.3. The SMILES string of the molecule is O=C(NCc1ccc(N2CCCCC2)nc1)NCc1cc2ccccc2[nH]1. The standard InChI is InChI=1S/C21H25N5O/c27-21(24-15-18-12-17-6-2-3-7-19(17)25-18)23-14-16-8-9-20(22-13-16)26-10-4-1-5-11-26/h2-3,6-9,12-13,25H,1,4-5,10-11,14-15H2,(H2,23,24,27). The summed E-state index contributed by atoms with van der Waals surface area (Å²) in [5.41, 5.74) is 3.06. The third-order valence-electron chi connectivity index (χ3n) is 4.97. The first-order valence-electron chi connectivity index (χ1n) is 9.56. The molecule has 6 heteroatoms. The van der Waals surface area contributed by atoms with Crippen LogP contribution in [0.1, 0.15) is 30.5 Å². The highest BCUT2D eigenvalue weighted by Crippen LogP contribution is 2.17. The second-order valence-electron chi connectivity index (χ2n) is 6.99. The van der Waals surface area contributed by atoms with Crippen LogP contribution in [-0.2, 0) is 13.1 Å². The Kier molecular flexibility index (Phi) is 5.23. The summed E-state index contributed by atoms with van der Waals surface area (Å²) in [5.74, 6) is 1.03. The van der Waals surface area contributed by atoms with E-state index in [-0.39, 0.29) is 6.03 Å². The van der Waals surface area contributed by atoms with Gasteiger partial charge in [-0.25, -0.2) is 9.78 Å². The molecule has 3 N–H and O–H groups in total. The van der Waals surface area contributed by atoms with Gasteiger partial charge in [-0.1, -0.05) is 24.3 Å². The van der Waals surface area contributed by atoms with Crippen molar-refractivity contribution < 1.29 is 4.79 Å². The van der Waals surface area contributed by atoms with Gasteiger partial charge < -0.3 is 20.5 Å². The number of carbonyl (C=O) groups excluding carboxylic acids is 1. The van der Waals surface area contributed by atoms with Gasteiger partial charge in [-0.05, 0) is 48.4 Å². The Labute approximate surface area is 159 Å². The number of aromatic amines is 1. The van der Waals surface area contributed by atoms with Crippen molar-refractivity contribution in [3.63, 3.8) is 0 Å². The number of anilines is 1. The first kappa shape index (κ1) is 17.4. The zero-order valence-corrected chi connectivity index (χ0v) is 15.4. The second-order valence-corrected chi connectivity index (χ2v) is 6.99. The summed E-state index contributed by atoms with van der Waals surface area (Å²) in [5, 5.41) is 6.92. The number of nitrogens with zero attached hydrogens (tertiary/aromatic N) is 2. The van der Waals surface area contributed by atoms with Crippen molar-refractivity contribution in [1.29, 1.82) is 0 Å². The predicted octanol–water partition coefficient (Wildman–Crippen LogP) is 3.55. The molecule has 0 saturated carbocycles. The number of aromatic nitrogens is 2. The molecule has 140 valence electrons. The molecule has 1 fully saturated rings. The number of amides is 2. The summed E-state index contributed by atoms with van der Waals surface area (Å²) >= 11 is 0. The van der Waals surface area contributed by atoms with Crippen LogP contribution in [0.25, 0.3) is 10.9 Å². The van der Waals surface area contributed by atoms with Gasteiger partial charge in [-0.2, -0.15) is 0 Å². The van der Waals surface area contributed by atoms with Crippen molar-refractivity contribution in [2.45, 2.75) is 32.4 Å². The van der Waals surface area contributed by atoms with E-state index < -0.39 is 0 Å². The maximum absolute atomic E-state index is 12.1. The van der Waals surface area contributed by atoms with Gasteiger partial charge in [0.25, 0.3) is 0 Å². The van der Waals surface area contributed by atoms with Gasteiger partial charge in [0.15, 0.2) is 0 Å². The Hall–Kier alpha value is -3.02. The van der Waals surface area contributed by atoms with Crippen LogP contribution in [0, 0.1) is 0 Å². The maximum Gasteiger partial charge on any atom is 0.315 e. The van der Waals surface area contributed by atoms with Crippen molar-refractivity contribution >= 4 is 22.8 Å². The van der Waals surface area contributed by atoms with Gasteiger partial charge in [-0.3, -0.25) is 0 Å². The number of nitrogens with one attached hydrogen (secondary N) is 3. The van der Waals surface area contributed by atoms with E-state index in [1.54, 1.807) is 0 Å². The Morgan fingerprint density at radius 2 is 1.85 bits per heavy atom. The lowest BCUT2D eigenvalue weighted by Gasteiger charge is -2.27. The first-order chi connectivity index (χ1) is 13.3. The van der Waals surface area contributed by atoms with Crippen molar-refractivity contribution in [2.24, 2.45) is 0 Å². The topological polar surface area (TPSA) is 73.1 Å². The number of rotatable bonds is 5. The average Bonchev–Trinajstić information content (AvgIpc) is 3.15. The van der Waals surface area contributed by atoms with Gasteiger partial charge in [-0.15, -0.1) is 0 Å². The molecule has 0 aliphatic carbocycles. The number of benzene rings is 1. The van der Waals surface area contributed by atoms with Crippen molar-refractivity contribution in [3.05, 3.63) is 59.9 Å². The van der Waals surface area contributed by atoms with Crippen LogP contribution in [-0.4, -0.2) is 29.1 Å². The number of hydrogen-bond acceptors (Lipinski definition) is 3. The number of pyridine rings is 1. The molecule has 2 amide bonds. The molecular formula is C21H25N5O. The molecule has 0 radical (unpaired) electrons. The van der Waals surface area contributed by atoms with Gasteiger partial charge >= 0.3 is 6.03 Å². The van der Waals surface area contributed by atoms with Crippen molar-refractivity contribution in [3.8, 4) is 0 Å². The number of piperidine rings is 1. The first-order valence-corrected chi connectivity index (χ1v) is 9.56. The van der Waals surface area contributed by atoms with Gasteiger partial charge in [0.1, 0.15) is 5.82 Å². The third kappa shape index (κ3) is 4.39. The van der Waals surface area contributed by atoms with Crippen LogP contribution < -0.4 is 15.5 Å². The summed E-state index contributed by atoms with van der Waals surface area (Å²) in [6.45, 7) is 3.10. The average molecular weight is 363 g/mol. The summed E-state index contributed by atoms with van der Waals surface area (Å²) in [6, 6.07) is 14.0. The Morgan fingerprint density at radius 1 is 1.04 bits per heavy atom. The zero-order valence-electron chi connectivity index (χ0n) is 15.4. The molecule has 3 aromatic rings. The molecule has 1 aliphatic heterocycles. The molecule has 1 aromatic carbocycles. The third-order valence-corrected chi connectivity index (χ3v) is 4.97. The fraction of sp³-hybridized carbons (Fsp3) is 0.333. The summed E-state index contributed by atoms with van der Waals surface area (Å²) in [7, 11) is 0. The van der Waals surface area contributed by atoms with Crippen LogP contribution in [0.3, 0.4) is 0 Å². The summed E-state index contributed by atoms with van der Waals surface area (Å²) < 4.78 is 0. The van der Waals surface area contributed by atoms with E-state index in [2.05, 4.69) is 37.6 Å². The second kappa shape index (κ2) is 8.12. The molecule has 27 heavy (non-hydrogen) atoms. The molecule has 0 unspecified atom stereocenters. The summed E-state index contributed by atoms with van der Waals surface area (Å²) in [4.78, 5) is 22.2. The van der Waals surface area contributed by atoms with E-state index in [1.165, 1.54) is 19.3 Å². The molecule has 1 saturated heterocycles. The molecule has 4 rings (SSSR count). The van der Waals surface area contributed by atoms with Crippen LogP contribution >= 0.6 is 0 Å². The number of para-hydroxylation sites is 1. The van der Waals surface area contributed by atoms with Gasteiger partial charge in [0.05, 0.1) is 6.54 Å². The zero-order chi connectivity index (χ0) is 18.5. The Balaban J connectivity index is 1.25. The van der Waals surface area contributed by atoms with Gasteiger partial charge in [0.2, 0.25) is 0 Å². The lowest BCUT2D eigenvalue weighted by atomic mass is 10.1. The summed E-state index contributed by atoms with van der Waals surface area (Å²) in [6.07, 6.45) is 5.64. The van der Waals surface area contributed by atoms with E-state index in [4.69, 9.17) is 0 Å². The Bertz CT molecular complexity index is 863. The minimum Gasteiger partial charge on any atom is -0.357 e. The number of urea groups is 1. The highest BCUT2D eigenvalue weighted by Gasteiger charge is 2.11. The molecule has 6 nitrogen and oxygen atoms in total. The molecular weight excluding hydrogens is 338 g/mol. The van der Waals surface area contributed by atoms with E-state index in [0.717, 1.165) is 41.1 Å². The highest BCUT2D eigenvalue weighted by atomic mass is 16.2. The van der Waals surface area contributed by atoms with Crippen LogP contribution in [0.5, 0.6) is 0 Å². The molecule has 3 heterocycles. The molecule has 0 spiro atoms. The maximum atomic E-state index is 12.1. The number of H-pyrrole nitrogens is 1. The van der Waals surface area contributed by atoms with E-state index in [0.29, 0.717) is 13.1 Å². The lowest BCUT2D eigenvalue weighted by Crippen LogP contribution is -2.34. The van der Waals surface area contributed by atoms with Crippen molar-refractivity contribution in [2.75, 3.05) is 18.0 Å². The van der Waals surface area contributed by atoms with E-state index in [9.17, 15) is 4.79 Å². The van der Waals surface area contributed by atoms with E-state index in [1.807, 2.05) is 36.5 Å². The molecule has 0 atom stereocenters. The molecule has 2 aromatic heterocycles. The fourth-order valence-electron chi connectivity index (χ4n) is 3.48. The number of fused-ring (bicyclic) bond motifs is 1. The van der Waals surface area contributed by atoms with Crippen LogP contribution in [0.2, 0.25) is 0 Å². The lowest BCUT2D eigenvalue weighted by molar-refractivity contribution is 0.240. The highest BCUT2D eigenvalue weighted by molar-refractivity contribution is 5.80. The van der Waals surface area contributed by atoms with Gasteiger partial charge in [0, 0.05) is 37.0 Å². The smallest absolute Gasteiger partial charge is 0.315 e. The number of hydrogen-bond donors (Lipinski definition) is 3. The van der Waals surface area contributed by atoms with Crippen molar-refractivity contribution in [1.82, 2.24) is 20.6 Å². The monoisotopic (exact) mass is 363 g/mol. The van der Waals surface area contributed by atoms with Crippen LogP contribution in [0.15, 0.2) is 48.7 Å². The minimum absolute atomic E-state index is 0.186. The Morgan fingerprint density at radius 3 is 2.63 bits per heavy atom. The predicted molar refractivity (Wildman–Crippen MR) is 108 cm³/mol. The quantitative estimate of drug-likeness (QED) is 0.649. The fourth-order valence-corrected chi connectivity index (χ4v) is 3.48. The molecule has 0 bridgehead atoms. The van der Waals surface area contributed by atoms with Crippen LogP contribution in [0.4, 0.5) is 10.6 Å².